The lowest BCUT2D eigenvalue weighted by Gasteiger charge is -2.21. The molecule has 0 bridgehead atoms. The van der Waals surface area contributed by atoms with Crippen molar-refractivity contribution in [1.82, 2.24) is 0 Å². The molecular formula is C79H154O17P2. The molecule has 0 heterocycles. The van der Waals surface area contributed by atoms with Gasteiger partial charge in [0.25, 0.3) is 0 Å². The molecule has 0 amide bonds. The molecule has 98 heavy (non-hydrogen) atoms. The first-order valence-electron chi connectivity index (χ1n) is 41.0. The van der Waals surface area contributed by atoms with Gasteiger partial charge in [-0.15, -0.1) is 0 Å². The summed E-state index contributed by atoms with van der Waals surface area (Å²) in [5.41, 5.74) is 0. The van der Waals surface area contributed by atoms with E-state index in [1.165, 1.54) is 225 Å². The molecule has 19 heteroatoms. The van der Waals surface area contributed by atoms with E-state index < -0.39 is 97.5 Å². The summed E-state index contributed by atoms with van der Waals surface area (Å²) in [4.78, 5) is 72.8. The lowest BCUT2D eigenvalue weighted by atomic mass is 9.99. The Labute approximate surface area is 600 Å². The molecule has 3 N–H and O–H groups in total. The molecule has 0 radical (unpaired) electrons. The summed E-state index contributed by atoms with van der Waals surface area (Å²) in [6, 6.07) is 0. The van der Waals surface area contributed by atoms with Gasteiger partial charge in [0.15, 0.2) is 12.2 Å². The SMILES string of the molecule is CCCCCCCCCCCCCCCCCCCCCCCC(=O)O[C@H](COC(=O)CCCCCCCCCCCCCCCCC(C)C)COP(=O)(O)OC[C@@H](O)COP(=O)(O)OC[C@@H](COC(=O)CCCCCCCCCC)OC(=O)CCCCCCCCCCC(C)CC. The number of phosphoric ester groups is 2. The summed E-state index contributed by atoms with van der Waals surface area (Å²) < 4.78 is 68.5. The first kappa shape index (κ1) is 96.1. The highest BCUT2D eigenvalue weighted by molar-refractivity contribution is 7.47. The number of esters is 4. The predicted octanol–water partition coefficient (Wildman–Crippen LogP) is 23.5. The smallest absolute Gasteiger partial charge is 0.462 e. The largest absolute Gasteiger partial charge is 0.472 e. The minimum atomic E-state index is -4.96. The van der Waals surface area contributed by atoms with Crippen LogP contribution in [0.4, 0.5) is 0 Å². The maximum atomic E-state index is 13.1. The second kappa shape index (κ2) is 70.7. The average Bonchev–Trinajstić information content (AvgIpc) is 1.11. The van der Waals surface area contributed by atoms with Crippen molar-refractivity contribution in [3.63, 3.8) is 0 Å². The average molecular weight is 1440 g/mol. The highest BCUT2D eigenvalue weighted by Gasteiger charge is 2.30. The Morgan fingerprint density at radius 1 is 0.296 bits per heavy atom. The summed E-state index contributed by atoms with van der Waals surface area (Å²) in [7, 11) is -9.91. The fourth-order valence-corrected chi connectivity index (χ4v) is 13.7. The maximum Gasteiger partial charge on any atom is 0.472 e. The second-order valence-corrected chi connectivity index (χ2v) is 32.1. The first-order valence-corrected chi connectivity index (χ1v) is 44.0. The maximum absolute atomic E-state index is 13.1. The number of ether oxygens (including phenoxy) is 4. The third-order valence-corrected chi connectivity index (χ3v) is 20.7. The van der Waals surface area contributed by atoms with Crippen LogP contribution in [0.15, 0.2) is 0 Å². The van der Waals surface area contributed by atoms with Gasteiger partial charge in [0.05, 0.1) is 26.4 Å². The van der Waals surface area contributed by atoms with E-state index in [-0.39, 0.29) is 25.7 Å². The first-order chi connectivity index (χ1) is 47.4. The van der Waals surface area contributed by atoms with E-state index in [4.69, 9.17) is 37.0 Å². The van der Waals surface area contributed by atoms with Crippen LogP contribution in [0, 0.1) is 11.8 Å². The Kier molecular flexibility index (Phi) is 69.3. The standard InChI is InChI=1S/C79H154O17P2/c1-7-10-12-14-16-18-19-20-21-22-23-24-25-26-27-32-35-38-45-51-57-63-78(83)95-75(68-90-77(82)62-56-50-44-37-34-31-29-28-30-33-36-41-47-53-59-71(4)5)70-94-98(87,88)92-66-73(80)65-91-97(85,86)93-69-74(67-89-76(81)61-55-49-43-17-15-13-11-8-2)96-79(84)64-58-52-46-40-39-42-48-54-60-72(6)9-3/h71-75,80H,7-70H2,1-6H3,(H,85,86)(H,87,88)/t72?,73-,74+,75+/m0/s1. The van der Waals surface area contributed by atoms with Gasteiger partial charge in [0.1, 0.15) is 19.3 Å². The quantitative estimate of drug-likeness (QED) is 0.0222. The van der Waals surface area contributed by atoms with Gasteiger partial charge in [-0.2, -0.15) is 0 Å². The molecule has 0 aromatic carbocycles. The van der Waals surface area contributed by atoms with Crippen molar-refractivity contribution in [2.24, 2.45) is 11.8 Å². The van der Waals surface area contributed by atoms with Crippen LogP contribution in [0.3, 0.4) is 0 Å². The summed E-state index contributed by atoms with van der Waals surface area (Å²) in [6.45, 7) is 9.61. The van der Waals surface area contributed by atoms with Crippen molar-refractivity contribution in [1.29, 1.82) is 0 Å². The molecule has 17 nitrogen and oxygen atoms in total. The molecule has 0 aromatic heterocycles. The minimum Gasteiger partial charge on any atom is -0.462 e. The van der Waals surface area contributed by atoms with Gasteiger partial charge in [-0.3, -0.25) is 37.3 Å². The highest BCUT2D eigenvalue weighted by atomic mass is 31.2. The zero-order chi connectivity index (χ0) is 72.1. The van der Waals surface area contributed by atoms with Crippen LogP contribution in [0.2, 0.25) is 0 Å². The van der Waals surface area contributed by atoms with Gasteiger partial charge in [-0.25, -0.2) is 9.13 Å². The monoisotopic (exact) mass is 1440 g/mol. The van der Waals surface area contributed by atoms with E-state index in [1.807, 2.05) is 0 Å². The van der Waals surface area contributed by atoms with Gasteiger partial charge in [-0.05, 0) is 37.5 Å². The number of aliphatic hydroxyl groups is 1. The third-order valence-electron chi connectivity index (χ3n) is 18.8. The fourth-order valence-electron chi connectivity index (χ4n) is 12.2. The molecule has 0 saturated carbocycles. The summed E-state index contributed by atoms with van der Waals surface area (Å²) in [5.74, 6) is -0.547. The molecule has 3 unspecified atom stereocenters. The van der Waals surface area contributed by atoms with E-state index in [2.05, 4.69) is 41.5 Å². The number of phosphoric acid groups is 2. The molecule has 0 fully saturated rings. The van der Waals surface area contributed by atoms with Gasteiger partial charge in [0, 0.05) is 25.7 Å². The molecule has 0 spiro atoms. The predicted molar refractivity (Wildman–Crippen MR) is 400 cm³/mol. The lowest BCUT2D eigenvalue weighted by molar-refractivity contribution is -0.161. The van der Waals surface area contributed by atoms with E-state index in [9.17, 15) is 43.2 Å². The van der Waals surface area contributed by atoms with E-state index in [1.54, 1.807) is 0 Å². The van der Waals surface area contributed by atoms with Crippen LogP contribution in [-0.4, -0.2) is 96.7 Å². The zero-order valence-electron chi connectivity index (χ0n) is 64.1. The Morgan fingerprint density at radius 2 is 0.520 bits per heavy atom. The molecule has 6 atom stereocenters. The third kappa shape index (κ3) is 71.1. The number of carbonyl (C=O) groups is 4. The molecular weight excluding hydrogens is 1280 g/mol. The number of aliphatic hydroxyl groups excluding tert-OH is 1. The topological polar surface area (TPSA) is 237 Å². The van der Waals surface area contributed by atoms with Crippen LogP contribution >= 0.6 is 15.6 Å². The van der Waals surface area contributed by atoms with Crippen molar-refractivity contribution in [2.75, 3.05) is 39.6 Å². The Balaban J connectivity index is 5.19. The van der Waals surface area contributed by atoms with Gasteiger partial charge in [-0.1, -0.05) is 363 Å². The van der Waals surface area contributed by atoms with Crippen LogP contribution < -0.4 is 0 Å². The molecule has 0 aliphatic heterocycles. The number of carbonyl (C=O) groups excluding carboxylic acids is 4. The van der Waals surface area contributed by atoms with Gasteiger partial charge >= 0.3 is 39.5 Å². The van der Waals surface area contributed by atoms with Gasteiger partial charge < -0.3 is 33.8 Å². The second-order valence-electron chi connectivity index (χ2n) is 29.2. The summed E-state index contributed by atoms with van der Waals surface area (Å²) >= 11 is 0. The molecule has 582 valence electrons. The molecule has 0 aliphatic rings. The van der Waals surface area contributed by atoms with Crippen LogP contribution in [0.25, 0.3) is 0 Å². The Morgan fingerprint density at radius 3 is 0.776 bits per heavy atom. The van der Waals surface area contributed by atoms with Crippen molar-refractivity contribution in [3.05, 3.63) is 0 Å². The van der Waals surface area contributed by atoms with Crippen molar-refractivity contribution in [2.45, 2.75) is 432 Å². The lowest BCUT2D eigenvalue weighted by Crippen LogP contribution is -2.30. The number of hydrogen-bond acceptors (Lipinski definition) is 15. The summed E-state index contributed by atoms with van der Waals surface area (Å²) in [6.07, 6.45) is 59.8. The normalized spacial score (nSPS) is 14.2. The highest BCUT2D eigenvalue weighted by Crippen LogP contribution is 2.45. The number of unbranched alkanes of at least 4 members (excludes halogenated alkanes) is 47. The van der Waals surface area contributed by atoms with E-state index in [0.29, 0.717) is 25.7 Å². The zero-order valence-corrected chi connectivity index (χ0v) is 65.9. The van der Waals surface area contributed by atoms with Crippen molar-refractivity contribution in [3.8, 4) is 0 Å². The molecule has 0 aliphatic carbocycles. The molecule has 0 rings (SSSR count). The van der Waals surface area contributed by atoms with Crippen molar-refractivity contribution >= 4 is 39.5 Å². The van der Waals surface area contributed by atoms with E-state index >= 15 is 0 Å². The van der Waals surface area contributed by atoms with E-state index in [0.717, 1.165) is 108 Å². The molecule has 0 aromatic rings. The van der Waals surface area contributed by atoms with Crippen molar-refractivity contribution < 1.29 is 80.2 Å². The minimum absolute atomic E-state index is 0.105. The van der Waals surface area contributed by atoms with Crippen LogP contribution in [0.1, 0.15) is 414 Å². The Bertz CT molecular complexity index is 1890. The number of hydrogen-bond donors (Lipinski definition) is 3. The number of rotatable bonds is 78. The van der Waals surface area contributed by atoms with Gasteiger partial charge in [0.2, 0.25) is 0 Å². The molecule has 0 saturated heterocycles. The van der Waals surface area contributed by atoms with Crippen LogP contribution in [0.5, 0.6) is 0 Å². The summed E-state index contributed by atoms with van der Waals surface area (Å²) in [5, 5.41) is 10.6. The van der Waals surface area contributed by atoms with Crippen LogP contribution in [-0.2, 0) is 65.4 Å². The fraction of sp³-hybridized carbons (Fsp3) is 0.949. The Hall–Kier alpha value is -1.94.